The lowest BCUT2D eigenvalue weighted by molar-refractivity contribution is 0.465. The van der Waals surface area contributed by atoms with E-state index in [9.17, 15) is 4.21 Å². The van der Waals surface area contributed by atoms with Crippen molar-refractivity contribution in [1.29, 1.82) is 0 Å². The van der Waals surface area contributed by atoms with Crippen molar-refractivity contribution >= 4 is 10.8 Å². The third-order valence-corrected chi connectivity index (χ3v) is 3.79. The Bertz CT molecular complexity index is 150. The van der Waals surface area contributed by atoms with Gasteiger partial charge >= 0.3 is 0 Å². The molecule has 0 saturated heterocycles. The summed E-state index contributed by atoms with van der Waals surface area (Å²) < 4.78 is 11.2. The molecule has 86 valence electrons. The van der Waals surface area contributed by atoms with E-state index in [4.69, 9.17) is 0 Å². The minimum Gasteiger partial charge on any atom is -0.313 e. The Morgan fingerprint density at radius 1 is 1.29 bits per heavy atom. The number of rotatable bonds is 9. The minimum absolute atomic E-state index is 0.614. The maximum atomic E-state index is 11.2. The van der Waals surface area contributed by atoms with Crippen LogP contribution in [0.1, 0.15) is 46.5 Å². The molecule has 14 heavy (non-hydrogen) atoms. The molecule has 0 spiro atoms. The maximum absolute atomic E-state index is 11.2. The second-order valence-corrected chi connectivity index (χ2v) is 5.50. The summed E-state index contributed by atoms with van der Waals surface area (Å²) in [5.74, 6) is 1.59. The lowest BCUT2D eigenvalue weighted by Gasteiger charge is -2.16. The van der Waals surface area contributed by atoms with Crippen molar-refractivity contribution in [2.45, 2.75) is 52.5 Å². The highest BCUT2D eigenvalue weighted by Crippen LogP contribution is 2.03. The van der Waals surface area contributed by atoms with Crippen molar-refractivity contribution in [3.63, 3.8) is 0 Å². The molecule has 0 saturated carbocycles. The van der Waals surface area contributed by atoms with Gasteiger partial charge in [-0.25, -0.2) is 0 Å². The van der Waals surface area contributed by atoms with Crippen molar-refractivity contribution in [3.8, 4) is 0 Å². The van der Waals surface area contributed by atoms with Gasteiger partial charge in [0.05, 0.1) is 0 Å². The van der Waals surface area contributed by atoms with Gasteiger partial charge in [-0.3, -0.25) is 4.21 Å². The van der Waals surface area contributed by atoms with Crippen LogP contribution in [0.25, 0.3) is 0 Å². The summed E-state index contributed by atoms with van der Waals surface area (Å²) >= 11 is 0. The molecule has 0 heterocycles. The molecule has 0 aromatic heterocycles. The molecule has 3 heteroatoms. The van der Waals surface area contributed by atoms with E-state index in [0.717, 1.165) is 18.1 Å². The predicted octanol–water partition coefficient (Wildman–Crippen LogP) is 2.31. The first-order valence-corrected chi connectivity index (χ1v) is 7.31. The zero-order valence-electron chi connectivity index (χ0n) is 9.84. The van der Waals surface area contributed by atoms with E-state index in [1.807, 2.05) is 6.92 Å². The molecule has 0 amide bonds. The van der Waals surface area contributed by atoms with E-state index in [0.29, 0.717) is 6.04 Å². The molecule has 0 aliphatic heterocycles. The smallest absolute Gasteiger partial charge is 0.0360 e. The van der Waals surface area contributed by atoms with Gasteiger partial charge in [-0.05, 0) is 12.8 Å². The first kappa shape index (κ1) is 14.1. The van der Waals surface area contributed by atoms with Crippen LogP contribution in [0.2, 0.25) is 0 Å². The topological polar surface area (TPSA) is 29.1 Å². The van der Waals surface area contributed by atoms with Crippen molar-refractivity contribution in [2.75, 3.05) is 18.1 Å². The summed E-state index contributed by atoms with van der Waals surface area (Å²) in [7, 11) is -0.614. The largest absolute Gasteiger partial charge is 0.313 e. The van der Waals surface area contributed by atoms with Crippen LogP contribution in [-0.4, -0.2) is 28.3 Å². The van der Waals surface area contributed by atoms with Gasteiger partial charge in [0.1, 0.15) is 0 Å². The molecule has 1 N–H and O–H groups in total. The Labute approximate surface area is 91.3 Å². The maximum Gasteiger partial charge on any atom is 0.0360 e. The Morgan fingerprint density at radius 2 is 2.00 bits per heavy atom. The van der Waals surface area contributed by atoms with Crippen LogP contribution < -0.4 is 5.32 Å². The number of nitrogens with one attached hydrogen (secondary N) is 1. The van der Waals surface area contributed by atoms with Gasteiger partial charge < -0.3 is 5.32 Å². The standard InChI is InChI=1S/C11H25NOS/c1-4-7-8-11(5-2)12-9-10-14(13)6-3/h11-12H,4-10H2,1-3H3. The van der Waals surface area contributed by atoms with Gasteiger partial charge in [0, 0.05) is 34.9 Å². The van der Waals surface area contributed by atoms with Crippen LogP contribution >= 0.6 is 0 Å². The van der Waals surface area contributed by atoms with E-state index >= 15 is 0 Å². The monoisotopic (exact) mass is 219 g/mol. The average Bonchev–Trinajstić information content (AvgIpc) is 2.22. The van der Waals surface area contributed by atoms with Gasteiger partial charge in [-0.1, -0.05) is 33.6 Å². The van der Waals surface area contributed by atoms with Crippen LogP contribution in [0, 0.1) is 0 Å². The van der Waals surface area contributed by atoms with Gasteiger partial charge in [-0.15, -0.1) is 0 Å². The molecule has 0 aliphatic rings. The summed E-state index contributed by atoms with van der Waals surface area (Å²) in [6, 6.07) is 0.629. The quantitative estimate of drug-likeness (QED) is 0.645. The van der Waals surface area contributed by atoms with Crippen LogP contribution in [0.4, 0.5) is 0 Å². The first-order chi connectivity index (χ1) is 6.74. The summed E-state index contributed by atoms with van der Waals surface area (Å²) in [5.41, 5.74) is 0. The first-order valence-electron chi connectivity index (χ1n) is 5.82. The molecule has 0 rings (SSSR count). The van der Waals surface area contributed by atoms with Crippen LogP contribution in [0.3, 0.4) is 0 Å². The molecule has 0 aliphatic carbocycles. The van der Waals surface area contributed by atoms with Crippen LogP contribution in [0.15, 0.2) is 0 Å². The third-order valence-electron chi connectivity index (χ3n) is 2.48. The summed E-state index contributed by atoms with van der Waals surface area (Å²) in [5, 5.41) is 3.48. The molecule has 0 aromatic carbocycles. The van der Waals surface area contributed by atoms with E-state index in [-0.39, 0.29) is 0 Å². The second kappa shape index (κ2) is 9.66. The number of unbranched alkanes of at least 4 members (excludes halogenated alkanes) is 1. The SMILES string of the molecule is CCCCC(CC)NCCS(=O)CC. The van der Waals surface area contributed by atoms with Crippen LogP contribution in [0.5, 0.6) is 0 Å². The molecular formula is C11H25NOS. The summed E-state index contributed by atoms with van der Waals surface area (Å²) in [6.07, 6.45) is 4.99. The number of hydrogen-bond donors (Lipinski definition) is 1. The fourth-order valence-corrected chi connectivity index (χ4v) is 2.06. The van der Waals surface area contributed by atoms with E-state index in [1.54, 1.807) is 0 Å². The summed E-state index contributed by atoms with van der Waals surface area (Å²) in [6.45, 7) is 7.32. The molecule has 0 bridgehead atoms. The van der Waals surface area contributed by atoms with E-state index in [2.05, 4.69) is 19.2 Å². The average molecular weight is 219 g/mol. The fourth-order valence-electron chi connectivity index (χ4n) is 1.42. The Morgan fingerprint density at radius 3 is 2.50 bits per heavy atom. The van der Waals surface area contributed by atoms with Gasteiger partial charge in [-0.2, -0.15) is 0 Å². The van der Waals surface area contributed by atoms with E-state index in [1.165, 1.54) is 25.7 Å². The Balaban J connectivity index is 3.46. The molecule has 2 unspecified atom stereocenters. The highest BCUT2D eigenvalue weighted by Gasteiger charge is 2.04. The highest BCUT2D eigenvalue weighted by atomic mass is 32.2. The Hall–Kier alpha value is 0.110. The molecule has 0 fully saturated rings. The fraction of sp³-hybridized carbons (Fsp3) is 1.00. The molecule has 0 radical (unpaired) electrons. The molecule has 0 aromatic rings. The second-order valence-electron chi connectivity index (χ2n) is 3.63. The van der Waals surface area contributed by atoms with Gasteiger partial charge in [0.2, 0.25) is 0 Å². The normalized spacial score (nSPS) is 15.4. The van der Waals surface area contributed by atoms with Gasteiger partial charge in [0.25, 0.3) is 0 Å². The lowest BCUT2D eigenvalue weighted by Crippen LogP contribution is -2.31. The Kier molecular flexibility index (Phi) is 9.73. The van der Waals surface area contributed by atoms with Crippen molar-refractivity contribution < 1.29 is 4.21 Å². The third kappa shape index (κ3) is 7.51. The zero-order chi connectivity index (χ0) is 10.8. The highest BCUT2D eigenvalue weighted by molar-refractivity contribution is 7.84. The van der Waals surface area contributed by atoms with Crippen molar-refractivity contribution in [2.24, 2.45) is 0 Å². The van der Waals surface area contributed by atoms with Gasteiger partial charge in [0.15, 0.2) is 0 Å². The molecule has 2 nitrogen and oxygen atoms in total. The van der Waals surface area contributed by atoms with Crippen molar-refractivity contribution in [1.82, 2.24) is 5.32 Å². The number of hydrogen-bond acceptors (Lipinski definition) is 2. The minimum atomic E-state index is -0.614. The van der Waals surface area contributed by atoms with Crippen LogP contribution in [-0.2, 0) is 10.8 Å². The predicted molar refractivity (Wildman–Crippen MR) is 65.2 cm³/mol. The molecule has 2 atom stereocenters. The lowest BCUT2D eigenvalue weighted by atomic mass is 10.1. The van der Waals surface area contributed by atoms with E-state index < -0.39 is 10.8 Å². The van der Waals surface area contributed by atoms with Crippen molar-refractivity contribution in [3.05, 3.63) is 0 Å². The zero-order valence-corrected chi connectivity index (χ0v) is 10.7. The molecular weight excluding hydrogens is 194 g/mol. The summed E-state index contributed by atoms with van der Waals surface area (Å²) in [4.78, 5) is 0.